The van der Waals surface area contributed by atoms with Crippen LogP contribution in [0, 0.1) is 5.82 Å². The molecular formula is C13H9FN2O4. The van der Waals surface area contributed by atoms with Gasteiger partial charge in [-0.3, -0.25) is 4.79 Å². The highest BCUT2D eigenvalue weighted by atomic mass is 19.1. The second kappa shape index (κ2) is 5.35. The molecule has 0 saturated carbocycles. The number of hydrogen-bond acceptors (Lipinski definition) is 4. The Morgan fingerprint density at radius 2 is 1.95 bits per heavy atom. The fourth-order valence-corrected chi connectivity index (χ4v) is 1.55. The molecule has 0 aliphatic rings. The first-order valence-corrected chi connectivity index (χ1v) is 5.47. The van der Waals surface area contributed by atoms with Crippen LogP contribution in [0.15, 0.2) is 36.5 Å². The molecule has 6 nitrogen and oxygen atoms in total. The normalized spacial score (nSPS) is 10.1. The van der Waals surface area contributed by atoms with E-state index in [9.17, 15) is 19.1 Å². The molecule has 0 radical (unpaired) electrons. The highest BCUT2D eigenvalue weighted by Crippen LogP contribution is 2.20. The number of nitrogens with zero attached hydrogens (tertiary/aromatic N) is 1. The van der Waals surface area contributed by atoms with Crippen molar-refractivity contribution in [1.82, 2.24) is 4.98 Å². The van der Waals surface area contributed by atoms with Crippen LogP contribution in [0.2, 0.25) is 0 Å². The summed E-state index contributed by atoms with van der Waals surface area (Å²) in [4.78, 5) is 26.6. The number of nitrogens with one attached hydrogen (secondary N) is 1. The third-order valence-corrected chi connectivity index (χ3v) is 2.47. The van der Waals surface area contributed by atoms with Crippen LogP contribution in [0.25, 0.3) is 0 Å². The Kier molecular flexibility index (Phi) is 3.60. The fourth-order valence-electron chi connectivity index (χ4n) is 1.55. The molecule has 0 spiro atoms. The molecule has 0 aliphatic carbocycles. The van der Waals surface area contributed by atoms with Crippen LogP contribution >= 0.6 is 0 Å². The monoisotopic (exact) mass is 276 g/mol. The van der Waals surface area contributed by atoms with Crippen LogP contribution in [-0.2, 0) is 0 Å². The van der Waals surface area contributed by atoms with Crippen LogP contribution in [0.3, 0.4) is 0 Å². The van der Waals surface area contributed by atoms with Gasteiger partial charge in [0.2, 0.25) is 0 Å². The van der Waals surface area contributed by atoms with Crippen molar-refractivity contribution < 1.29 is 24.2 Å². The standard InChI is InChI=1S/C13H9FN2O4/c14-7-3-4-8(10(17)6-7)12(18)16-11-9(13(19)20)2-1-5-15-11/h1-6,17H,(H,19,20)(H,15,16,18). The largest absolute Gasteiger partial charge is 0.507 e. The van der Waals surface area contributed by atoms with Gasteiger partial charge in [0.25, 0.3) is 5.91 Å². The van der Waals surface area contributed by atoms with E-state index in [2.05, 4.69) is 10.3 Å². The molecule has 0 aliphatic heterocycles. The number of rotatable bonds is 3. The van der Waals surface area contributed by atoms with E-state index in [-0.39, 0.29) is 16.9 Å². The van der Waals surface area contributed by atoms with Gasteiger partial charge in [0.05, 0.1) is 5.56 Å². The van der Waals surface area contributed by atoms with E-state index in [0.29, 0.717) is 0 Å². The topological polar surface area (TPSA) is 99.5 Å². The lowest BCUT2D eigenvalue weighted by Crippen LogP contribution is -2.16. The van der Waals surface area contributed by atoms with Gasteiger partial charge in [-0.25, -0.2) is 14.2 Å². The van der Waals surface area contributed by atoms with Crippen molar-refractivity contribution in [3.63, 3.8) is 0 Å². The maximum Gasteiger partial charge on any atom is 0.339 e. The molecule has 20 heavy (non-hydrogen) atoms. The van der Waals surface area contributed by atoms with Crippen molar-refractivity contribution >= 4 is 17.7 Å². The van der Waals surface area contributed by atoms with E-state index in [1.807, 2.05) is 0 Å². The van der Waals surface area contributed by atoms with Gasteiger partial charge < -0.3 is 15.5 Å². The first-order chi connectivity index (χ1) is 9.49. The Labute approximate surface area is 112 Å². The molecule has 7 heteroatoms. The van der Waals surface area contributed by atoms with Gasteiger partial charge in [0.1, 0.15) is 22.9 Å². The first-order valence-electron chi connectivity index (χ1n) is 5.47. The Morgan fingerprint density at radius 3 is 2.60 bits per heavy atom. The lowest BCUT2D eigenvalue weighted by atomic mass is 10.1. The Bertz CT molecular complexity index is 688. The Hall–Kier alpha value is -2.96. The van der Waals surface area contributed by atoms with Crippen molar-refractivity contribution in [2.45, 2.75) is 0 Å². The number of carboxylic acid groups (broad SMARTS) is 1. The van der Waals surface area contributed by atoms with Crippen molar-refractivity contribution in [3.05, 3.63) is 53.5 Å². The highest BCUT2D eigenvalue weighted by molar-refractivity contribution is 6.08. The smallest absolute Gasteiger partial charge is 0.339 e. The van der Waals surface area contributed by atoms with Gasteiger partial charge in [0.15, 0.2) is 0 Å². The zero-order valence-electron chi connectivity index (χ0n) is 10.0. The number of phenols is 1. The number of carbonyl (C=O) groups is 2. The zero-order chi connectivity index (χ0) is 14.7. The lowest BCUT2D eigenvalue weighted by Gasteiger charge is -2.08. The molecule has 3 N–H and O–H groups in total. The number of aromatic nitrogens is 1. The quantitative estimate of drug-likeness (QED) is 0.794. The number of hydrogen-bond donors (Lipinski definition) is 3. The van der Waals surface area contributed by atoms with E-state index in [4.69, 9.17) is 5.11 Å². The molecule has 0 bridgehead atoms. The molecule has 1 heterocycles. The minimum atomic E-state index is -1.25. The minimum absolute atomic E-state index is 0.159. The summed E-state index contributed by atoms with van der Waals surface area (Å²) in [5, 5.41) is 20.7. The van der Waals surface area contributed by atoms with Gasteiger partial charge in [-0.15, -0.1) is 0 Å². The Balaban J connectivity index is 2.30. The van der Waals surface area contributed by atoms with Crippen LogP contribution in [0.5, 0.6) is 5.75 Å². The molecule has 2 aromatic rings. The summed E-state index contributed by atoms with van der Waals surface area (Å²) < 4.78 is 12.8. The summed E-state index contributed by atoms with van der Waals surface area (Å²) in [6.07, 6.45) is 1.31. The summed E-state index contributed by atoms with van der Waals surface area (Å²) in [5.41, 5.74) is -0.379. The van der Waals surface area contributed by atoms with E-state index >= 15 is 0 Å². The number of halogens is 1. The summed E-state index contributed by atoms with van der Waals surface area (Å²) in [6, 6.07) is 5.56. The molecule has 1 aromatic carbocycles. The predicted octanol–water partition coefficient (Wildman–Crippen LogP) is 1.88. The highest BCUT2D eigenvalue weighted by Gasteiger charge is 2.16. The predicted molar refractivity (Wildman–Crippen MR) is 67.2 cm³/mol. The number of carbonyl (C=O) groups excluding carboxylic acids is 1. The fraction of sp³-hybridized carbons (Fsp3) is 0. The first kappa shape index (κ1) is 13.5. The lowest BCUT2D eigenvalue weighted by molar-refractivity contribution is 0.0697. The summed E-state index contributed by atoms with van der Waals surface area (Å²) in [5.74, 6) is -3.44. The SMILES string of the molecule is O=C(Nc1ncccc1C(=O)O)c1ccc(F)cc1O. The summed E-state index contributed by atoms with van der Waals surface area (Å²) in [6.45, 7) is 0. The Morgan fingerprint density at radius 1 is 1.20 bits per heavy atom. The van der Waals surface area contributed by atoms with Crippen molar-refractivity contribution in [2.75, 3.05) is 5.32 Å². The maximum absolute atomic E-state index is 12.8. The van der Waals surface area contributed by atoms with Crippen molar-refractivity contribution in [2.24, 2.45) is 0 Å². The number of aromatic carboxylic acids is 1. The number of carboxylic acids is 1. The summed E-state index contributed by atoms with van der Waals surface area (Å²) >= 11 is 0. The number of pyridine rings is 1. The molecule has 0 fully saturated rings. The average Bonchev–Trinajstić information content (AvgIpc) is 2.38. The number of aromatic hydroxyl groups is 1. The van der Waals surface area contributed by atoms with Crippen LogP contribution < -0.4 is 5.32 Å². The second-order valence-corrected chi connectivity index (χ2v) is 3.82. The van der Waals surface area contributed by atoms with E-state index in [1.165, 1.54) is 18.3 Å². The van der Waals surface area contributed by atoms with Gasteiger partial charge in [-0.05, 0) is 24.3 Å². The average molecular weight is 276 g/mol. The minimum Gasteiger partial charge on any atom is -0.507 e. The van der Waals surface area contributed by atoms with Crippen molar-refractivity contribution in [1.29, 1.82) is 0 Å². The molecule has 1 aromatic heterocycles. The number of benzene rings is 1. The number of anilines is 1. The third-order valence-electron chi connectivity index (χ3n) is 2.47. The van der Waals surface area contributed by atoms with E-state index in [1.54, 1.807) is 0 Å². The third kappa shape index (κ3) is 2.72. The van der Waals surface area contributed by atoms with Crippen molar-refractivity contribution in [3.8, 4) is 5.75 Å². The van der Waals surface area contributed by atoms with Gasteiger partial charge in [-0.2, -0.15) is 0 Å². The molecule has 0 atom stereocenters. The molecule has 0 unspecified atom stereocenters. The van der Waals surface area contributed by atoms with E-state index in [0.717, 1.165) is 18.2 Å². The molecular weight excluding hydrogens is 267 g/mol. The van der Waals surface area contributed by atoms with Crippen LogP contribution in [-0.4, -0.2) is 27.1 Å². The van der Waals surface area contributed by atoms with Gasteiger partial charge in [0, 0.05) is 12.3 Å². The van der Waals surface area contributed by atoms with Crippen LogP contribution in [0.1, 0.15) is 20.7 Å². The molecule has 102 valence electrons. The van der Waals surface area contributed by atoms with E-state index < -0.39 is 23.4 Å². The second-order valence-electron chi connectivity index (χ2n) is 3.82. The summed E-state index contributed by atoms with van der Waals surface area (Å²) in [7, 11) is 0. The number of amides is 1. The molecule has 0 saturated heterocycles. The van der Waals surface area contributed by atoms with Gasteiger partial charge in [-0.1, -0.05) is 0 Å². The van der Waals surface area contributed by atoms with Gasteiger partial charge >= 0.3 is 5.97 Å². The maximum atomic E-state index is 12.8. The molecule has 2 rings (SSSR count). The zero-order valence-corrected chi connectivity index (χ0v) is 10.0. The van der Waals surface area contributed by atoms with Crippen LogP contribution in [0.4, 0.5) is 10.2 Å². The molecule has 1 amide bonds. The number of phenolic OH excluding ortho intramolecular Hbond substituents is 1.